The summed E-state index contributed by atoms with van der Waals surface area (Å²) in [4.78, 5) is 30.3. The Morgan fingerprint density at radius 1 is 0.923 bits per heavy atom. The summed E-state index contributed by atoms with van der Waals surface area (Å²) < 4.78 is 1.88. The number of amides is 1. The lowest BCUT2D eigenvalue weighted by molar-refractivity contribution is -0.113. The lowest BCUT2D eigenvalue weighted by Crippen LogP contribution is -2.17. The molecule has 5 aromatic rings. The average Bonchev–Trinajstić information content (AvgIpc) is 3.38. The summed E-state index contributed by atoms with van der Waals surface area (Å²) in [5, 5.41) is 13.2. The van der Waals surface area contributed by atoms with Crippen LogP contribution in [0, 0.1) is 6.92 Å². The van der Waals surface area contributed by atoms with Gasteiger partial charge < -0.3 is 5.32 Å². The zero-order chi connectivity index (χ0) is 27.4. The van der Waals surface area contributed by atoms with Gasteiger partial charge in [0.1, 0.15) is 0 Å². The number of nitrogens with zero attached hydrogens (tertiary/aromatic N) is 4. The van der Waals surface area contributed by atoms with Gasteiger partial charge in [-0.05, 0) is 55.0 Å². The fourth-order valence-corrected chi connectivity index (χ4v) is 5.07. The molecule has 10 heteroatoms. The summed E-state index contributed by atoms with van der Waals surface area (Å²) in [5.74, 6) is 0.0704. The highest BCUT2D eigenvalue weighted by Crippen LogP contribution is 2.32. The summed E-state index contributed by atoms with van der Waals surface area (Å²) >= 11 is 13.8. The Morgan fingerprint density at radius 3 is 2.46 bits per heavy atom. The molecule has 0 unspecified atom stereocenters. The third-order valence-corrected chi connectivity index (χ3v) is 7.49. The molecule has 7 nitrogen and oxygen atoms in total. The lowest BCUT2D eigenvalue weighted by atomic mass is 10.0. The Balaban J connectivity index is 1.41. The van der Waals surface area contributed by atoms with E-state index >= 15 is 0 Å². The van der Waals surface area contributed by atoms with Crippen molar-refractivity contribution in [3.8, 4) is 17.1 Å². The molecule has 0 atom stereocenters. The zero-order valence-electron chi connectivity index (χ0n) is 20.6. The summed E-state index contributed by atoms with van der Waals surface area (Å²) in [6.45, 7) is 1.92. The van der Waals surface area contributed by atoms with E-state index in [2.05, 4.69) is 20.5 Å². The molecule has 0 fully saturated rings. The van der Waals surface area contributed by atoms with Crippen LogP contribution in [0.15, 0.2) is 96.4 Å². The third-order valence-electron chi connectivity index (χ3n) is 5.92. The van der Waals surface area contributed by atoms with Gasteiger partial charge in [0.25, 0.3) is 0 Å². The van der Waals surface area contributed by atoms with E-state index in [0.29, 0.717) is 37.8 Å². The molecular formula is C29H21Cl2N5O2S. The van der Waals surface area contributed by atoms with Crippen molar-refractivity contribution in [1.29, 1.82) is 0 Å². The fraction of sp³-hybridized carbons (Fsp3) is 0.0690. The Kier molecular flexibility index (Phi) is 8.07. The number of carbonyl (C=O) groups excluding carboxylic acids is 2. The summed E-state index contributed by atoms with van der Waals surface area (Å²) in [6.07, 6.45) is 3.36. The highest BCUT2D eigenvalue weighted by molar-refractivity contribution is 7.99. The number of aromatic nitrogens is 4. The predicted molar refractivity (Wildman–Crippen MR) is 155 cm³/mol. The Labute approximate surface area is 239 Å². The summed E-state index contributed by atoms with van der Waals surface area (Å²) in [6, 6.07) is 22.9. The number of benzene rings is 3. The number of rotatable bonds is 8. The van der Waals surface area contributed by atoms with Gasteiger partial charge in [-0.15, -0.1) is 10.2 Å². The maximum Gasteiger partial charge on any atom is 0.234 e. The molecule has 2 aromatic heterocycles. The van der Waals surface area contributed by atoms with E-state index in [1.54, 1.807) is 54.9 Å². The van der Waals surface area contributed by atoms with Crippen LogP contribution in [0.4, 0.5) is 5.69 Å². The molecular weight excluding hydrogens is 553 g/mol. The molecule has 0 aliphatic heterocycles. The van der Waals surface area contributed by atoms with Gasteiger partial charge in [0.2, 0.25) is 5.91 Å². The number of ketones is 1. The molecule has 0 aliphatic rings. The maximum atomic E-state index is 13.1. The molecule has 39 heavy (non-hydrogen) atoms. The van der Waals surface area contributed by atoms with Crippen molar-refractivity contribution in [2.75, 3.05) is 11.1 Å². The van der Waals surface area contributed by atoms with Crippen LogP contribution in [-0.2, 0) is 4.79 Å². The van der Waals surface area contributed by atoms with Crippen LogP contribution in [0.5, 0.6) is 0 Å². The highest BCUT2D eigenvalue weighted by Gasteiger charge is 2.21. The van der Waals surface area contributed by atoms with Gasteiger partial charge in [-0.25, -0.2) is 0 Å². The van der Waals surface area contributed by atoms with E-state index in [1.165, 1.54) is 11.8 Å². The fourth-order valence-electron chi connectivity index (χ4n) is 3.98. The summed E-state index contributed by atoms with van der Waals surface area (Å²) in [7, 11) is 0. The molecule has 1 amide bonds. The summed E-state index contributed by atoms with van der Waals surface area (Å²) in [5.41, 5.74) is 3.66. The predicted octanol–water partition coefficient (Wildman–Crippen LogP) is 6.91. The van der Waals surface area contributed by atoms with Gasteiger partial charge in [0.15, 0.2) is 16.8 Å². The first kappa shape index (κ1) is 26.6. The van der Waals surface area contributed by atoms with Crippen LogP contribution >= 0.6 is 35.0 Å². The minimum Gasteiger partial charge on any atom is -0.325 e. The second kappa shape index (κ2) is 11.8. The first-order chi connectivity index (χ1) is 18.9. The van der Waals surface area contributed by atoms with Gasteiger partial charge in [0.05, 0.1) is 17.1 Å². The van der Waals surface area contributed by atoms with Gasteiger partial charge in [-0.1, -0.05) is 71.4 Å². The molecule has 0 spiro atoms. The van der Waals surface area contributed by atoms with Gasteiger partial charge in [-0.2, -0.15) is 0 Å². The van der Waals surface area contributed by atoms with Crippen LogP contribution < -0.4 is 5.32 Å². The van der Waals surface area contributed by atoms with Crippen molar-refractivity contribution in [2.24, 2.45) is 0 Å². The third kappa shape index (κ3) is 5.88. The normalized spacial score (nSPS) is 10.8. The number of hydrogen-bond acceptors (Lipinski definition) is 6. The largest absolute Gasteiger partial charge is 0.325 e. The number of nitrogens with one attached hydrogen (secondary N) is 1. The second-order valence-electron chi connectivity index (χ2n) is 8.48. The molecule has 3 aromatic carbocycles. The van der Waals surface area contributed by atoms with Crippen LogP contribution in [0.25, 0.3) is 17.1 Å². The van der Waals surface area contributed by atoms with Crippen molar-refractivity contribution < 1.29 is 9.59 Å². The van der Waals surface area contributed by atoms with Crippen LogP contribution in [0.3, 0.4) is 0 Å². The quantitative estimate of drug-likeness (QED) is 0.160. The van der Waals surface area contributed by atoms with Crippen LogP contribution in [0.2, 0.25) is 10.0 Å². The van der Waals surface area contributed by atoms with E-state index in [0.717, 1.165) is 16.8 Å². The maximum absolute atomic E-state index is 13.1. The monoisotopic (exact) mass is 573 g/mol. The van der Waals surface area contributed by atoms with Crippen LogP contribution in [0.1, 0.15) is 21.5 Å². The van der Waals surface area contributed by atoms with Gasteiger partial charge in [0, 0.05) is 39.1 Å². The van der Waals surface area contributed by atoms with E-state index in [-0.39, 0.29) is 17.4 Å². The van der Waals surface area contributed by atoms with Gasteiger partial charge >= 0.3 is 0 Å². The van der Waals surface area contributed by atoms with Gasteiger partial charge in [-0.3, -0.25) is 19.1 Å². The number of carbonyl (C=O) groups is 2. The number of anilines is 1. The first-order valence-electron chi connectivity index (χ1n) is 11.9. The van der Waals surface area contributed by atoms with Crippen molar-refractivity contribution in [1.82, 2.24) is 19.7 Å². The Hall–Kier alpha value is -3.98. The standard InChI is InChI=1S/C29H21Cl2N5O2S/c1-18-23(31)8-5-9-25(18)36-28(20-12-14-32-15-13-20)34-35-29(36)39-17-26(37)33-24-11-10-21(30)16-22(24)27(38)19-6-3-2-4-7-19/h2-16H,17H2,1H3,(H,33,37). The topological polar surface area (TPSA) is 89.8 Å². The number of pyridine rings is 1. The SMILES string of the molecule is Cc1c(Cl)cccc1-n1c(SCC(=O)Nc2ccc(Cl)cc2C(=O)c2ccccc2)nnc1-c1ccncc1. The Morgan fingerprint density at radius 2 is 1.69 bits per heavy atom. The van der Waals surface area contributed by atoms with Crippen molar-refractivity contribution in [3.05, 3.63) is 118 Å². The number of halogens is 2. The van der Waals surface area contributed by atoms with E-state index in [9.17, 15) is 9.59 Å². The minimum atomic E-state index is -0.313. The number of thioether (sulfide) groups is 1. The molecule has 0 aliphatic carbocycles. The molecule has 2 heterocycles. The van der Waals surface area contributed by atoms with E-state index in [1.807, 2.05) is 47.9 Å². The highest BCUT2D eigenvalue weighted by atomic mass is 35.5. The molecule has 0 saturated carbocycles. The van der Waals surface area contributed by atoms with E-state index in [4.69, 9.17) is 23.2 Å². The average molecular weight is 574 g/mol. The Bertz CT molecular complexity index is 1660. The molecule has 0 radical (unpaired) electrons. The molecule has 0 saturated heterocycles. The second-order valence-corrected chi connectivity index (χ2v) is 10.3. The molecule has 194 valence electrons. The van der Waals surface area contributed by atoms with Crippen molar-refractivity contribution in [3.63, 3.8) is 0 Å². The van der Waals surface area contributed by atoms with Crippen molar-refractivity contribution in [2.45, 2.75) is 12.1 Å². The first-order valence-corrected chi connectivity index (χ1v) is 13.6. The van der Waals surface area contributed by atoms with Crippen molar-refractivity contribution >= 4 is 52.3 Å². The van der Waals surface area contributed by atoms with E-state index < -0.39 is 0 Å². The van der Waals surface area contributed by atoms with Crippen LogP contribution in [-0.4, -0.2) is 37.2 Å². The number of hydrogen-bond donors (Lipinski definition) is 1. The molecule has 0 bridgehead atoms. The zero-order valence-corrected chi connectivity index (χ0v) is 23.0. The minimum absolute atomic E-state index is 0.0235. The lowest BCUT2D eigenvalue weighted by Gasteiger charge is -2.14. The smallest absolute Gasteiger partial charge is 0.234 e. The molecule has 1 N–H and O–H groups in total. The molecule has 5 rings (SSSR count).